The van der Waals surface area contributed by atoms with E-state index in [1.54, 1.807) is 6.07 Å². The van der Waals surface area contributed by atoms with Crippen molar-refractivity contribution >= 4 is 55.7 Å². The fraction of sp³-hybridized carbons (Fsp3) is 0.161. The number of hydrogen-bond donors (Lipinski definition) is 0. The number of nitrogens with zero attached hydrogens (tertiary/aromatic N) is 6. The summed E-state index contributed by atoms with van der Waals surface area (Å²) in [6.07, 6.45) is -4.40. The highest BCUT2D eigenvalue weighted by atomic mass is 19.4. The third kappa shape index (κ3) is 5.36. The fourth-order valence-corrected chi connectivity index (χ4v) is 4.58. The Morgan fingerprint density at radius 3 is 1.60 bits per heavy atom. The Morgan fingerprint density at radius 1 is 0.500 bits per heavy atom. The molecule has 0 saturated carbocycles. The Labute approximate surface area is 230 Å². The smallest absolute Gasteiger partial charge is 0.377 e. The third-order valence-corrected chi connectivity index (χ3v) is 6.55. The van der Waals surface area contributed by atoms with Gasteiger partial charge in [-0.1, -0.05) is 36.4 Å². The Balaban J connectivity index is 1.53. The summed E-state index contributed by atoms with van der Waals surface area (Å²) in [5, 5.41) is 21.5. The molecule has 0 spiro atoms. The van der Waals surface area contributed by atoms with Crippen LogP contribution in [0.25, 0.3) is 21.5 Å². The zero-order chi connectivity index (χ0) is 28.4. The highest BCUT2D eigenvalue weighted by Crippen LogP contribution is 2.41. The lowest BCUT2D eigenvalue weighted by Crippen LogP contribution is -2.11. The van der Waals surface area contributed by atoms with E-state index in [1.165, 1.54) is 12.1 Å². The monoisotopic (exact) mass is 540 g/mol. The number of anilines is 2. The largest absolute Gasteiger partial charge is 0.416 e. The molecule has 5 aromatic carbocycles. The first-order valence-corrected chi connectivity index (χ1v) is 12.6. The number of rotatable bonds is 6. The van der Waals surface area contributed by atoms with Crippen molar-refractivity contribution in [2.24, 2.45) is 20.5 Å². The second kappa shape index (κ2) is 10.8. The van der Waals surface area contributed by atoms with Crippen LogP contribution in [-0.4, -0.2) is 28.2 Å². The summed E-state index contributed by atoms with van der Waals surface area (Å²) in [5.41, 5.74) is 3.71. The van der Waals surface area contributed by atoms with Crippen molar-refractivity contribution in [3.05, 3.63) is 96.6 Å². The second-order valence-corrected chi connectivity index (χ2v) is 9.69. The topological polar surface area (TPSA) is 55.9 Å². The summed E-state index contributed by atoms with van der Waals surface area (Å²) >= 11 is 0. The predicted octanol–water partition coefficient (Wildman–Crippen LogP) is 9.97. The molecular weight excluding hydrogens is 513 g/mol. The van der Waals surface area contributed by atoms with Crippen LogP contribution < -0.4 is 9.80 Å². The number of hydrogen-bond acceptors (Lipinski definition) is 6. The molecule has 0 heterocycles. The Bertz CT molecular complexity index is 1740. The molecule has 6 nitrogen and oxygen atoms in total. The van der Waals surface area contributed by atoms with E-state index in [4.69, 9.17) is 0 Å². The lowest BCUT2D eigenvalue weighted by molar-refractivity contribution is -0.137. The van der Waals surface area contributed by atoms with Crippen molar-refractivity contribution in [2.75, 3.05) is 38.0 Å². The van der Waals surface area contributed by atoms with Gasteiger partial charge >= 0.3 is 6.18 Å². The zero-order valence-electron chi connectivity index (χ0n) is 22.5. The summed E-state index contributed by atoms with van der Waals surface area (Å²) < 4.78 is 38.6. The minimum atomic E-state index is -4.40. The van der Waals surface area contributed by atoms with E-state index in [9.17, 15) is 13.2 Å². The molecule has 9 heteroatoms. The summed E-state index contributed by atoms with van der Waals surface area (Å²) in [5.74, 6) is 0. The van der Waals surface area contributed by atoms with Gasteiger partial charge < -0.3 is 9.80 Å². The van der Waals surface area contributed by atoms with Gasteiger partial charge in [-0.2, -0.15) is 18.3 Å². The van der Waals surface area contributed by atoms with Crippen LogP contribution in [0.3, 0.4) is 0 Å². The molecule has 0 atom stereocenters. The van der Waals surface area contributed by atoms with Crippen molar-refractivity contribution < 1.29 is 13.2 Å². The first kappa shape index (κ1) is 26.8. The highest BCUT2D eigenvalue weighted by Gasteiger charge is 2.29. The Hall–Kier alpha value is -4.79. The van der Waals surface area contributed by atoms with Crippen LogP contribution in [0.2, 0.25) is 0 Å². The average molecular weight is 541 g/mol. The van der Waals surface area contributed by atoms with Gasteiger partial charge in [-0.15, -0.1) is 15.3 Å². The van der Waals surface area contributed by atoms with E-state index in [-0.39, 0.29) is 0 Å². The number of benzene rings is 5. The normalized spacial score (nSPS) is 12.2. The summed E-state index contributed by atoms with van der Waals surface area (Å²) in [7, 11) is 8.04. The van der Waals surface area contributed by atoms with E-state index in [2.05, 4.69) is 42.4 Å². The molecule has 202 valence electrons. The molecule has 0 N–H and O–H groups in total. The van der Waals surface area contributed by atoms with Crippen LogP contribution in [0.5, 0.6) is 0 Å². The summed E-state index contributed by atoms with van der Waals surface area (Å²) in [4.78, 5) is 4.14. The molecule has 0 fully saturated rings. The van der Waals surface area contributed by atoms with Crippen LogP contribution in [-0.2, 0) is 6.18 Å². The molecule has 0 saturated heterocycles. The van der Waals surface area contributed by atoms with Crippen LogP contribution in [0.15, 0.2) is 111 Å². The standard InChI is InChI=1S/C31H27F3N6/c1-39(2)28-19-18-27(30-24(28)10-7-11-29(30)40(3)4)38-37-26-17-16-25(22-8-5-6-9-23(22)26)36-35-21-14-12-20(13-15-21)31(32,33)34/h5-19H,1-4H3. The number of halogens is 3. The minimum Gasteiger partial charge on any atom is -0.377 e. The van der Waals surface area contributed by atoms with E-state index in [0.717, 1.165) is 50.7 Å². The molecule has 0 radical (unpaired) electrons. The lowest BCUT2D eigenvalue weighted by Gasteiger charge is -2.21. The first-order chi connectivity index (χ1) is 19.1. The second-order valence-electron chi connectivity index (χ2n) is 9.69. The Morgan fingerprint density at radius 2 is 1.02 bits per heavy atom. The van der Waals surface area contributed by atoms with E-state index < -0.39 is 11.7 Å². The van der Waals surface area contributed by atoms with E-state index in [0.29, 0.717) is 17.1 Å². The Kier molecular flexibility index (Phi) is 7.21. The van der Waals surface area contributed by atoms with Gasteiger partial charge in [0.15, 0.2) is 0 Å². The summed E-state index contributed by atoms with van der Waals surface area (Å²) in [6, 6.07) is 26.0. The van der Waals surface area contributed by atoms with E-state index in [1.807, 2.05) is 76.7 Å². The maximum Gasteiger partial charge on any atom is 0.416 e. The van der Waals surface area contributed by atoms with Crippen LogP contribution in [0, 0.1) is 0 Å². The predicted molar refractivity (Wildman–Crippen MR) is 156 cm³/mol. The number of fused-ring (bicyclic) bond motifs is 2. The molecule has 5 rings (SSSR count). The van der Waals surface area contributed by atoms with Crippen molar-refractivity contribution in [3.63, 3.8) is 0 Å². The van der Waals surface area contributed by atoms with E-state index >= 15 is 0 Å². The molecule has 0 aliphatic heterocycles. The van der Waals surface area contributed by atoms with Gasteiger partial charge in [0.2, 0.25) is 0 Å². The van der Waals surface area contributed by atoms with Crippen molar-refractivity contribution in [1.29, 1.82) is 0 Å². The van der Waals surface area contributed by atoms with Crippen LogP contribution in [0.1, 0.15) is 5.56 Å². The van der Waals surface area contributed by atoms with Crippen molar-refractivity contribution in [1.82, 2.24) is 0 Å². The average Bonchev–Trinajstić information content (AvgIpc) is 2.94. The SMILES string of the molecule is CN(C)c1ccc(N=Nc2ccc(N=Nc3ccc(C(F)(F)F)cc3)c3ccccc23)c2c(N(C)C)cccc12. The highest BCUT2D eigenvalue weighted by molar-refractivity contribution is 6.08. The van der Waals surface area contributed by atoms with Gasteiger partial charge in [0.1, 0.15) is 0 Å². The van der Waals surface area contributed by atoms with Gasteiger partial charge in [0.05, 0.1) is 28.3 Å². The van der Waals surface area contributed by atoms with Crippen LogP contribution >= 0.6 is 0 Å². The molecule has 0 amide bonds. The maximum atomic E-state index is 12.9. The van der Waals surface area contributed by atoms with Gasteiger partial charge in [-0.25, -0.2) is 0 Å². The van der Waals surface area contributed by atoms with Crippen molar-refractivity contribution in [3.8, 4) is 0 Å². The molecule has 0 aliphatic carbocycles. The van der Waals surface area contributed by atoms with Gasteiger partial charge in [0.25, 0.3) is 0 Å². The molecular formula is C31H27F3N6. The zero-order valence-corrected chi connectivity index (χ0v) is 22.5. The van der Waals surface area contributed by atoms with Crippen LogP contribution in [0.4, 0.5) is 47.3 Å². The molecule has 0 aliphatic rings. The molecule has 0 unspecified atom stereocenters. The quantitative estimate of drug-likeness (QED) is 0.201. The summed E-state index contributed by atoms with van der Waals surface area (Å²) in [6.45, 7) is 0. The van der Waals surface area contributed by atoms with Gasteiger partial charge in [-0.3, -0.25) is 0 Å². The fourth-order valence-electron chi connectivity index (χ4n) is 4.58. The van der Waals surface area contributed by atoms with Gasteiger partial charge in [0, 0.05) is 61.1 Å². The molecule has 5 aromatic rings. The third-order valence-electron chi connectivity index (χ3n) is 6.55. The molecule has 0 aromatic heterocycles. The molecule has 40 heavy (non-hydrogen) atoms. The van der Waals surface area contributed by atoms with Crippen molar-refractivity contribution in [2.45, 2.75) is 6.18 Å². The first-order valence-electron chi connectivity index (χ1n) is 12.6. The number of azo groups is 2. The molecule has 0 bridgehead atoms. The maximum absolute atomic E-state index is 12.9. The van der Waals surface area contributed by atoms with Gasteiger partial charge in [-0.05, 0) is 54.6 Å². The minimum absolute atomic E-state index is 0.325. The lowest BCUT2D eigenvalue weighted by atomic mass is 10.0. The number of alkyl halides is 3.